The van der Waals surface area contributed by atoms with Crippen molar-refractivity contribution in [2.24, 2.45) is 0 Å². The van der Waals surface area contributed by atoms with Crippen molar-refractivity contribution in [2.45, 2.75) is 13.8 Å². The molecule has 16 heavy (non-hydrogen) atoms. The Balaban J connectivity index is 2.63. The standard InChI is InChI=1S/C14H16N2/c1-9-3-4-10(2)14(16)13(9)11-5-7-12(15)8-6-11/h3-8H,15-16H2,1-2H3. The molecule has 2 nitrogen and oxygen atoms in total. The fraction of sp³-hybridized carbons (Fsp3) is 0.143. The molecule has 82 valence electrons. The summed E-state index contributed by atoms with van der Waals surface area (Å²) in [4.78, 5) is 0. The Morgan fingerprint density at radius 1 is 0.750 bits per heavy atom. The molecule has 0 atom stereocenters. The molecule has 2 aromatic rings. The molecule has 0 radical (unpaired) electrons. The van der Waals surface area contributed by atoms with Crippen molar-refractivity contribution in [3.63, 3.8) is 0 Å². The van der Waals surface area contributed by atoms with Gasteiger partial charge < -0.3 is 11.5 Å². The molecule has 0 aliphatic heterocycles. The SMILES string of the molecule is Cc1ccc(C)c(-c2ccc(N)cc2)c1N. The highest BCUT2D eigenvalue weighted by atomic mass is 14.6. The number of hydrogen-bond donors (Lipinski definition) is 2. The first-order valence-corrected chi connectivity index (χ1v) is 5.31. The summed E-state index contributed by atoms with van der Waals surface area (Å²) >= 11 is 0. The lowest BCUT2D eigenvalue weighted by atomic mass is 9.96. The van der Waals surface area contributed by atoms with E-state index in [4.69, 9.17) is 11.5 Å². The Morgan fingerprint density at radius 2 is 1.31 bits per heavy atom. The molecule has 0 bridgehead atoms. The van der Waals surface area contributed by atoms with Crippen LogP contribution in [0.25, 0.3) is 11.1 Å². The van der Waals surface area contributed by atoms with E-state index in [1.807, 2.05) is 37.3 Å². The fourth-order valence-corrected chi connectivity index (χ4v) is 1.87. The second kappa shape index (κ2) is 3.89. The average Bonchev–Trinajstić information content (AvgIpc) is 2.27. The molecule has 0 aromatic heterocycles. The molecular formula is C14H16N2. The first kappa shape index (κ1) is 10.6. The molecule has 2 rings (SSSR count). The minimum Gasteiger partial charge on any atom is -0.399 e. The molecule has 0 amide bonds. The summed E-state index contributed by atoms with van der Waals surface area (Å²) in [6.07, 6.45) is 0. The van der Waals surface area contributed by atoms with Gasteiger partial charge >= 0.3 is 0 Å². The van der Waals surface area contributed by atoms with Crippen molar-refractivity contribution in [3.8, 4) is 11.1 Å². The fourth-order valence-electron chi connectivity index (χ4n) is 1.87. The van der Waals surface area contributed by atoms with Crippen LogP contribution in [0.3, 0.4) is 0 Å². The van der Waals surface area contributed by atoms with Gasteiger partial charge in [-0.15, -0.1) is 0 Å². The normalized spacial score (nSPS) is 10.4. The van der Waals surface area contributed by atoms with E-state index < -0.39 is 0 Å². The zero-order valence-corrected chi connectivity index (χ0v) is 9.62. The number of nitrogen functional groups attached to an aromatic ring is 2. The lowest BCUT2D eigenvalue weighted by molar-refractivity contribution is 1.39. The summed E-state index contributed by atoms with van der Waals surface area (Å²) in [7, 11) is 0. The maximum atomic E-state index is 6.12. The summed E-state index contributed by atoms with van der Waals surface area (Å²) < 4.78 is 0. The van der Waals surface area contributed by atoms with Gasteiger partial charge in [0.1, 0.15) is 0 Å². The Morgan fingerprint density at radius 3 is 1.94 bits per heavy atom. The van der Waals surface area contributed by atoms with Gasteiger partial charge in [-0.05, 0) is 42.7 Å². The van der Waals surface area contributed by atoms with Crippen LogP contribution in [-0.2, 0) is 0 Å². The summed E-state index contributed by atoms with van der Waals surface area (Å²) in [5, 5.41) is 0. The minimum absolute atomic E-state index is 0.771. The topological polar surface area (TPSA) is 52.0 Å². The van der Waals surface area contributed by atoms with E-state index in [-0.39, 0.29) is 0 Å². The van der Waals surface area contributed by atoms with E-state index in [0.717, 1.165) is 28.1 Å². The zero-order chi connectivity index (χ0) is 11.7. The molecule has 0 unspecified atom stereocenters. The second-order valence-corrected chi connectivity index (χ2v) is 4.11. The van der Waals surface area contributed by atoms with E-state index in [9.17, 15) is 0 Å². The summed E-state index contributed by atoms with van der Waals surface area (Å²) in [6, 6.07) is 12.0. The third-order valence-electron chi connectivity index (χ3n) is 2.87. The Labute approximate surface area is 95.9 Å². The van der Waals surface area contributed by atoms with Gasteiger partial charge in [0, 0.05) is 16.9 Å². The number of nitrogens with two attached hydrogens (primary N) is 2. The van der Waals surface area contributed by atoms with Crippen molar-refractivity contribution < 1.29 is 0 Å². The van der Waals surface area contributed by atoms with E-state index in [1.54, 1.807) is 0 Å². The van der Waals surface area contributed by atoms with Crippen molar-refractivity contribution in [2.75, 3.05) is 11.5 Å². The number of benzene rings is 2. The Kier molecular flexibility index (Phi) is 2.57. The third kappa shape index (κ3) is 1.74. The first-order chi connectivity index (χ1) is 7.59. The maximum Gasteiger partial charge on any atom is 0.0426 e. The van der Waals surface area contributed by atoms with Crippen molar-refractivity contribution in [1.82, 2.24) is 0 Å². The van der Waals surface area contributed by atoms with Crippen LogP contribution in [0.1, 0.15) is 11.1 Å². The van der Waals surface area contributed by atoms with Gasteiger partial charge in [0.15, 0.2) is 0 Å². The van der Waals surface area contributed by atoms with Crippen LogP contribution in [0.15, 0.2) is 36.4 Å². The van der Waals surface area contributed by atoms with Gasteiger partial charge in [-0.2, -0.15) is 0 Å². The molecule has 2 aromatic carbocycles. The predicted molar refractivity (Wildman–Crippen MR) is 70.2 cm³/mol. The highest BCUT2D eigenvalue weighted by Crippen LogP contribution is 2.32. The molecule has 0 fully saturated rings. The van der Waals surface area contributed by atoms with Gasteiger partial charge in [-0.25, -0.2) is 0 Å². The van der Waals surface area contributed by atoms with E-state index >= 15 is 0 Å². The Hall–Kier alpha value is -1.96. The van der Waals surface area contributed by atoms with Gasteiger partial charge in [0.2, 0.25) is 0 Å². The molecule has 0 spiro atoms. The smallest absolute Gasteiger partial charge is 0.0426 e. The predicted octanol–water partition coefficient (Wildman–Crippen LogP) is 3.13. The van der Waals surface area contributed by atoms with E-state index in [1.165, 1.54) is 5.56 Å². The van der Waals surface area contributed by atoms with Crippen molar-refractivity contribution in [1.29, 1.82) is 0 Å². The minimum atomic E-state index is 0.771. The average molecular weight is 212 g/mol. The molecule has 0 heterocycles. The first-order valence-electron chi connectivity index (χ1n) is 5.31. The van der Waals surface area contributed by atoms with Crippen LogP contribution in [0.4, 0.5) is 11.4 Å². The third-order valence-corrected chi connectivity index (χ3v) is 2.87. The lowest BCUT2D eigenvalue weighted by Gasteiger charge is -2.12. The van der Waals surface area contributed by atoms with Gasteiger partial charge in [-0.1, -0.05) is 24.3 Å². The van der Waals surface area contributed by atoms with Crippen LogP contribution >= 0.6 is 0 Å². The van der Waals surface area contributed by atoms with Gasteiger partial charge in [0.05, 0.1) is 0 Å². The van der Waals surface area contributed by atoms with Crippen LogP contribution in [-0.4, -0.2) is 0 Å². The second-order valence-electron chi connectivity index (χ2n) is 4.11. The van der Waals surface area contributed by atoms with Crippen LogP contribution in [0, 0.1) is 13.8 Å². The maximum absolute atomic E-state index is 6.12. The van der Waals surface area contributed by atoms with Crippen LogP contribution in [0.5, 0.6) is 0 Å². The number of anilines is 2. The monoisotopic (exact) mass is 212 g/mol. The van der Waals surface area contributed by atoms with Crippen molar-refractivity contribution >= 4 is 11.4 Å². The van der Waals surface area contributed by atoms with E-state index in [0.29, 0.717) is 0 Å². The molecule has 0 saturated carbocycles. The molecule has 0 aliphatic rings. The Bertz CT molecular complexity index is 513. The van der Waals surface area contributed by atoms with Crippen LogP contribution < -0.4 is 11.5 Å². The van der Waals surface area contributed by atoms with Gasteiger partial charge in [-0.3, -0.25) is 0 Å². The zero-order valence-electron chi connectivity index (χ0n) is 9.62. The van der Waals surface area contributed by atoms with E-state index in [2.05, 4.69) is 13.0 Å². The number of aryl methyl sites for hydroxylation is 2. The molecule has 0 aliphatic carbocycles. The number of rotatable bonds is 1. The highest BCUT2D eigenvalue weighted by molar-refractivity contribution is 5.81. The summed E-state index contributed by atoms with van der Waals surface area (Å²) in [5.74, 6) is 0. The van der Waals surface area contributed by atoms with Crippen molar-refractivity contribution in [3.05, 3.63) is 47.5 Å². The van der Waals surface area contributed by atoms with Gasteiger partial charge in [0.25, 0.3) is 0 Å². The largest absolute Gasteiger partial charge is 0.399 e. The summed E-state index contributed by atoms with van der Waals surface area (Å²) in [6.45, 7) is 4.09. The number of hydrogen-bond acceptors (Lipinski definition) is 2. The summed E-state index contributed by atoms with van der Waals surface area (Å²) in [5.41, 5.74) is 18.0. The van der Waals surface area contributed by atoms with Crippen LogP contribution in [0.2, 0.25) is 0 Å². The molecule has 4 N–H and O–H groups in total. The molecule has 2 heteroatoms. The quantitative estimate of drug-likeness (QED) is 0.713. The highest BCUT2D eigenvalue weighted by Gasteiger charge is 2.07. The lowest BCUT2D eigenvalue weighted by Crippen LogP contribution is -1.96. The molecular weight excluding hydrogens is 196 g/mol. The molecule has 0 saturated heterocycles.